The van der Waals surface area contributed by atoms with E-state index < -0.39 is 0 Å². The van der Waals surface area contributed by atoms with Gasteiger partial charge in [0, 0.05) is 18.6 Å². The van der Waals surface area contributed by atoms with Gasteiger partial charge in [-0.15, -0.1) is 0 Å². The summed E-state index contributed by atoms with van der Waals surface area (Å²) >= 11 is 0. The van der Waals surface area contributed by atoms with E-state index in [0.29, 0.717) is 17.2 Å². The van der Waals surface area contributed by atoms with Gasteiger partial charge in [-0.3, -0.25) is 0 Å². The molecule has 0 saturated carbocycles. The van der Waals surface area contributed by atoms with Crippen molar-refractivity contribution in [2.24, 2.45) is 0 Å². The molecule has 0 radical (unpaired) electrons. The molecule has 1 aromatic heterocycles. The van der Waals surface area contributed by atoms with Crippen molar-refractivity contribution in [3.8, 4) is 17.2 Å². The van der Waals surface area contributed by atoms with E-state index in [1.165, 1.54) is 102 Å². The van der Waals surface area contributed by atoms with Gasteiger partial charge in [-0.2, -0.15) is 0 Å². The number of ether oxygens (including phenoxy) is 3. The average molecular weight is 511 g/mol. The lowest BCUT2D eigenvalue weighted by atomic mass is 10.0. The first-order valence-electron chi connectivity index (χ1n) is 14.7. The zero-order valence-corrected chi connectivity index (χ0v) is 24.1. The number of rotatable bonds is 21. The van der Waals surface area contributed by atoms with Gasteiger partial charge in [0.05, 0.1) is 21.3 Å². The van der Waals surface area contributed by atoms with Crippen molar-refractivity contribution in [2.75, 3.05) is 21.3 Å². The molecule has 2 rings (SSSR count). The van der Waals surface area contributed by atoms with E-state index >= 15 is 0 Å². The standard InChI is InChI=1S/C33H52NO3/c1-5-6-7-8-9-10-11-12-13-14-15-16-17-18-19-24-34-25-22-29(23-26-34)20-21-30-27-31(35-2)33(37-4)32(28-30)36-3/h20-23,25-28H,5-19,24H2,1-4H3/q+1/b21-20+. The van der Waals surface area contributed by atoms with Crippen LogP contribution in [0.4, 0.5) is 0 Å². The monoisotopic (exact) mass is 510 g/mol. The molecule has 2 aromatic rings. The topological polar surface area (TPSA) is 31.6 Å². The number of benzene rings is 1. The van der Waals surface area contributed by atoms with E-state index in [0.717, 1.165) is 12.1 Å². The van der Waals surface area contributed by atoms with Crippen LogP contribution in [0.15, 0.2) is 36.7 Å². The highest BCUT2D eigenvalue weighted by Crippen LogP contribution is 2.38. The smallest absolute Gasteiger partial charge is 0.203 e. The summed E-state index contributed by atoms with van der Waals surface area (Å²) in [6.07, 6.45) is 29.6. The Kier molecular flexibility index (Phi) is 16.3. The van der Waals surface area contributed by atoms with Crippen LogP contribution >= 0.6 is 0 Å². The third-order valence-corrected chi connectivity index (χ3v) is 7.09. The molecule has 0 amide bonds. The molecule has 1 heterocycles. The zero-order chi connectivity index (χ0) is 26.6. The van der Waals surface area contributed by atoms with Gasteiger partial charge in [0.2, 0.25) is 5.75 Å². The SMILES string of the molecule is CCCCCCCCCCCCCCCCC[n+]1ccc(/C=C/c2cc(OC)c(OC)c(OC)c2)cc1. The Labute approximate surface area is 227 Å². The Morgan fingerprint density at radius 2 is 1.00 bits per heavy atom. The fraction of sp³-hybridized carbons (Fsp3) is 0.606. The maximum atomic E-state index is 5.45. The van der Waals surface area contributed by atoms with Crippen LogP contribution < -0.4 is 18.8 Å². The van der Waals surface area contributed by atoms with E-state index in [4.69, 9.17) is 14.2 Å². The molecule has 0 atom stereocenters. The van der Waals surface area contributed by atoms with Crippen LogP contribution in [0.25, 0.3) is 12.2 Å². The van der Waals surface area contributed by atoms with E-state index in [2.05, 4.69) is 48.2 Å². The number of unbranched alkanes of at least 4 members (excludes halogenated alkanes) is 14. The van der Waals surface area contributed by atoms with Crippen LogP contribution in [-0.4, -0.2) is 21.3 Å². The van der Waals surface area contributed by atoms with Crippen molar-refractivity contribution in [2.45, 2.75) is 110 Å². The van der Waals surface area contributed by atoms with Gasteiger partial charge >= 0.3 is 0 Å². The van der Waals surface area contributed by atoms with Gasteiger partial charge < -0.3 is 14.2 Å². The summed E-state index contributed by atoms with van der Waals surface area (Å²) in [5.74, 6) is 1.94. The molecule has 0 N–H and O–H groups in total. The summed E-state index contributed by atoms with van der Waals surface area (Å²) in [5, 5.41) is 0. The minimum absolute atomic E-state index is 0.613. The van der Waals surface area contributed by atoms with Gasteiger partial charge in [-0.05, 0) is 29.7 Å². The predicted molar refractivity (Wildman–Crippen MR) is 157 cm³/mol. The second-order valence-electron chi connectivity index (χ2n) is 10.1. The molecule has 4 nitrogen and oxygen atoms in total. The molecule has 0 spiro atoms. The summed E-state index contributed by atoms with van der Waals surface area (Å²) in [7, 11) is 4.90. The lowest BCUT2D eigenvalue weighted by molar-refractivity contribution is -0.697. The molecule has 1 aromatic carbocycles. The Bertz CT molecular complexity index is 851. The fourth-order valence-corrected chi connectivity index (χ4v) is 4.78. The molecule has 0 saturated heterocycles. The van der Waals surface area contributed by atoms with E-state index in [9.17, 15) is 0 Å². The van der Waals surface area contributed by atoms with Gasteiger partial charge in [0.15, 0.2) is 23.9 Å². The molecule has 206 valence electrons. The first-order valence-corrected chi connectivity index (χ1v) is 14.7. The molecule has 37 heavy (non-hydrogen) atoms. The molecule has 0 aliphatic heterocycles. The lowest BCUT2D eigenvalue weighted by Crippen LogP contribution is -2.32. The predicted octanol–water partition coefficient (Wildman–Crippen LogP) is 9.04. The van der Waals surface area contributed by atoms with Crippen LogP contribution in [-0.2, 0) is 6.54 Å². The van der Waals surface area contributed by atoms with E-state index in [-0.39, 0.29) is 0 Å². The van der Waals surface area contributed by atoms with E-state index in [1.54, 1.807) is 21.3 Å². The first-order chi connectivity index (χ1) is 18.2. The highest BCUT2D eigenvalue weighted by molar-refractivity contribution is 5.72. The molecule has 0 fully saturated rings. The lowest BCUT2D eigenvalue weighted by Gasteiger charge is -2.12. The Balaban J connectivity index is 1.57. The number of aromatic nitrogens is 1. The number of hydrogen-bond donors (Lipinski definition) is 0. The number of methoxy groups -OCH3 is 3. The summed E-state index contributed by atoms with van der Waals surface area (Å²) in [5.41, 5.74) is 2.17. The summed E-state index contributed by atoms with van der Waals surface area (Å²) in [6, 6.07) is 8.24. The number of aryl methyl sites for hydroxylation is 1. The normalized spacial score (nSPS) is 11.2. The molecule has 0 unspecified atom stereocenters. The van der Waals surface area contributed by atoms with Gasteiger partial charge in [0.25, 0.3) is 0 Å². The molecular weight excluding hydrogens is 458 g/mol. The third kappa shape index (κ3) is 12.5. The second kappa shape index (κ2) is 19.6. The number of hydrogen-bond acceptors (Lipinski definition) is 3. The molecular formula is C33H52NO3+. The van der Waals surface area contributed by atoms with Gasteiger partial charge in [-0.1, -0.05) is 103 Å². The Morgan fingerprint density at radius 1 is 0.568 bits per heavy atom. The van der Waals surface area contributed by atoms with Crippen molar-refractivity contribution < 1.29 is 18.8 Å². The van der Waals surface area contributed by atoms with Crippen LogP contribution in [0.3, 0.4) is 0 Å². The highest BCUT2D eigenvalue weighted by Gasteiger charge is 2.12. The minimum atomic E-state index is 0.613. The summed E-state index contributed by atoms with van der Waals surface area (Å²) in [4.78, 5) is 0. The van der Waals surface area contributed by atoms with Crippen LogP contribution in [0.2, 0.25) is 0 Å². The number of nitrogens with zero attached hydrogens (tertiary/aromatic N) is 1. The maximum Gasteiger partial charge on any atom is 0.203 e. The Morgan fingerprint density at radius 3 is 1.43 bits per heavy atom. The minimum Gasteiger partial charge on any atom is -0.493 e. The van der Waals surface area contributed by atoms with Crippen molar-refractivity contribution in [3.63, 3.8) is 0 Å². The highest BCUT2D eigenvalue weighted by atomic mass is 16.5. The fourth-order valence-electron chi connectivity index (χ4n) is 4.78. The molecule has 0 aliphatic carbocycles. The van der Waals surface area contributed by atoms with Crippen LogP contribution in [0.1, 0.15) is 114 Å². The molecule has 0 aliphatic rings. The Hall–Kier alpha value is -2.49. The van der Waals surface area contributed by atoms with Gasteiger partial charge in [-0.25, -0.2) is 4.57 Å². The van der Waals surface area contributed by atoms with Crippen LogP contribution in [0, 0.1) is 0 Å². The quantitative estimate of drug-likeness (QED) is 0.124. The zero-order valence-electron chi connectivity index (χ0n) is 24.1. The van der Waals surface area contributed by atoms with Crippen molar-refractivity contribution in [3.05, 3.63) is 47.8 Å². The second-order valence-corrected chi connectivity index (χ2v) is 10.1. The van der Waals surface area contributed by atoms with Crippen molar-refractivity contribution in [1.82, 2.24) is 0 Å². The third-order valence-electron chi connectivity index (χ3n) is 7.09. The average Bonchev–Trinajstić information content (AvgIpc) is 2.93. The summed E-state index contributed by atoms with van der Waals surface area (Å²) < 4.78 is 18.6. The largest absolute Gasteiger partial charge is 0.493 e. The summed E-state index contributed by atoms with van der Waals surface area (Å²) in [6.45, 7) is 3.38. The van der Waals surface area contributed by atoms with E-state index in [1.807, 2.05) is 12.1 Å². The van der Waals surface area contributed by atoms with Gasteiger partial charge in [0.1, 0.15) is 6.54 Å². The van der Waals surface area contributed by atoms with Crippen LogP contribution in [0.5, 0.6) is 17.2 Å². The van der Waals surface area contributed by atoms with Crippen molar-refractivity contribution in [1.29, 1.82) is 0 Å². The first kappa shape index (κ1) is 30.7. The molecule has 0 bridgehead atoms. The van der Waals surface area contributed by atoms with Crippen molar-refractivity contribution >= 4 is 12.2 Å². The number of pyridine rings is 1. The molecule has 4 heteroatoms. The maximum absolute atomic E-state index is 5.45.